The van der Waals surface area contributed by atoms with Crippen LogP contribution in [0.3, 0.4) is 0 Å². The number of unbranched alkanes of at least 4 members (excludes halogenated alkanes) is 43. The molecule has 0 radical (unpaired) electrons. The predicted octanol–water partition coefficient (Wildman–Crippen LogP) is 15.6. The summed E-state index contributed by atoms with van der Waals surface area (Å²) in [6.07, 6.45) is 58.5. The number of hydrogen-bond acceptors (Lipinski definition) is 10. The van der Waals surface area contributed by atoms with Crippen LogP contribution in [-0.2, 0) is 14.3 Å². The average Bonchev–Trinajstić information content (AvgIpc) is 3.46. The van der Waals surface area contributed by atoms with Gasteiger partial charge in [0.2, 0.25) is 5.91 Å². The summed E-state index contributed by atoms with van der Waals surface area (Å²) in [5.74, 6) is -0.704. The highest BCUT2D eigenvalue weighted by atomic mass is 16.7. The van der Waals surface area contributed by atoms with Crippen LogP contribution in [0.2, 0.25) is 0 Å². The lowest BCUT2D eigenvalue weighted by Crippen LogP contribution is -2.60. The van der Waals surface area contributed by atoms with Crippen molar-refractivity contribution in [3.63, 3.8) is 0 Å². The number of ether oxygens (including phenoxy) is 2. The minimum absolute atomic E-state index is 0.249. The lowest BCUT2D eigenvalue weighted by molar-refractivity contribution is -0.303. The number of amides is 1. The minimum Gasteiger partial charge on any atom is -0.394 e. The topological polar surface area (TPSA) is 189 Å². The summed E-state index contributed by atoms with van der Waals surface area (Å²) >= 11 is 0. The van der Waals surface area contributed by atoms with Crippen LogP contribution in [0.15, 0.2) is 24.3 Å². The molecule has 1 aliphatic rings. The van der Waals surface area contributed by atoms with Gasteiger partial charge < -0.3 is 50.5 Å². The molecule has 462 valence electrons. The first-order valence-corrected chi connectivity index (χ1v) is 33.7. The third kappa shape index (κ3) is 43.3. The molecule has 1 amide bonds. The zero-order valence-electron chi connectivity index (χ0n) is 50.9. The van der Waals surface area contributed by atoms with Crippen molar-refractivity contribution in [3.8, 4) is 0 Å². The van der Waals surface area contributed by atoms with E-state index in [0.717, 1.165) is 38.5 Å². The second kappa shape index (κ2) is 56.1. The second-order valence-electron chi connectivity index (χ2n) is 23.9. The van der Waals surface area contributed by atoms with Crippen molar-refractivity contribution in [2.24, 2.45) is 0 Å². The van der Waals surface area contributed by atoms with Crippen molar-refractivity contribution in [2.45, 2.75) is 384 Å². The molecule has 0 aromatic heterocycles. The van der Waals surface area contributed by atoms with Crippen LogP contribution in [0.25, 0.3) is 0 Å². The molecule has 1 rings (SSSR count). The van der Waals surface area contributed by atoms with Gasteiger partial charge in [-0.15, -0.1) is 0 Å². The Hall–Kier alpha value is -1.41. The van der Waals surface area contributed by atoms with E-state index < -0.39 is 74.2 Å². The second-order valence-corrected chi connectivity index (χ2v) is 23.9. The Bertz CT molecular complexity index is 1320. The van der Waals surface area contributed by atoms with E-state index in [4.69, 9.17) is 9.47 Å². The molecular formula is C67H129NO10. The van der Waals surface area contributed by atoms with Crippen LogP contribution >= 0.6 is 0 Å². The van der Waals surface area contributed by atoms with Crippen LogP contribution in [0.1, 0.15) is 328 Å². The fraction of sp³-hybridized carbons (Fsp3) is 0.925. The van der Waals surface area contributed by atoms with Crippen molar-refractivity contribution in [2.75, 3.05) is 13.2 Å². The largest absolute Gasteiger partial charge is 0.394 e. The number of aliphatic hydroxyl groups excluding tert-OH is 7. The van der Waals surface area contributed by atoms with Gasteiger partial charge in [0.25, 0.3) is 0 Å². The van der Waals surface area contributed by atoms with E-state index in [9.17, 15) is 40.5 Å². The number of carbonyl (C=O) groups is 1. The normalized spacial score (nSPS) is 19.5. The number of aliphatic hydroxyl groups is 7. The Morgan fingerprint density at radius 3 is 1.14 bits per heavy atom. The first kappa shape index (κ1) is 74.6. The summed E-state index contributed by atoms with van der Waals surface area (Å²) < 4.78 is 11.2. The van der Waals surface area contributed by atoms with Crippen LogP contribution < -0.4 is 5.32 Å². The quantitative estimate of drug-likeness (QED) is 0.0215. The molecule has 9 atom stereocenters. The Morgan fingerprint density at radius 1 is 0.436 bits per heavy atom. The van der Waals surface area contributed by atoms with Crippen molar-refractivity contribution < 1.29 is 50.0 Å². The zero-order valence-corrected chi connectivity index (χ0v) is 50.9. The molecule has 0 spiro atoms. The molecule has 0 saturated carbocycles. The van der Waals surface area contributed by atoms with Crippen molar-refractivity contribution in [1.29, 1.82) is 0 Å². The molecular weight excluding hydrogens is 979 g/mol. The number of rotatable bonds is 59. The number of carbonyl (C=O) groups excluding carboxylic acids is 1. The molecule has 78 heavy (non-hydrogen) atoms. The average molecular weight is 1110 g/mol. The number of nitrogens with one attached hydrogen (secondary N) is 1. The van der Waals surface area contributed by atoms with Crippen molar-refractivity contribution in [1.82, 2.24) is 5.32 Å². The summed E-state index contributed by atoms with van der Waals surface area (Å²) in [6, 6.07) is -1.19. The molecule has 8 N–H and O–H groups in total. The van der Waals surface area contributed by atoms with E-state index in [1.165, 1.54) is 244 Å². The Kier molecular flexibility index (Phi) is 53.6. The molecule has 1 saturated heterocycles. The zero-order chi connectivity index (χ0) is 56.8. The third-order valence-corrected chi connectivity index (χ3v) is 16.5. The Morgan fingerprint density at radius 2 is 0.769 bits per heavy atom. The lowest BCUT2D eigenvalue weighted by atomic mass is 9.98. The van der Waals surface area contributed by atoms with Crippen LogP contribution in [0.4, 0.5) is 0 Å². The minimum atomic E-state index is -1.67. The van der Waals surface area contributed by atoms with Gasteiger partial charge in [0, 0.05) is 0 Å². The standard InChI is InChI=1S/C67H129NO10/c1-3-5-7-9-11-13-15-17-19-21-22-23-24-25-26-27-28-29-30-31-32-33-34-35-36-37-39-41-43-45-47-49-51-53-55-60(71)66(76)68-58(57-77-67-65(75)64(74)63(73)61(56-69)78-67)62(72)59(70)54-52-50-48-46-44-42-40-38-20-18-16-14-12-10-8-6-4-2/h38,40,46,48,58-65,67,69-75H,3-37,39,41-45,47,49-57H2,1-2H3,(H,68,76)/b40-38+,48-46+. The van der Waals surface area contributed by atoms with Gasteiger partial charge in [-0.2, -0.15) is 0 Å². The molecule has 1 heterocycles. The van der Waals surface area contributed by atoms with Crippen LogP contribution in [0, 0.1) is 0 Å². The molecule has 0 aliphatic carbocycles. The van der Waals surface area contributed by atoms with E-state index in [2.05, 4.69) is 43.5 Å². The summed E-state index contributed by atoms with van der Waals surface area (Å²) in [4.78, 5) is 13.2. The molecule has 1 aliphatic heterocycles. The molecule has 0 bridgehead atoms. The van der Waals surface area contributed by atoms with Gasteiger partial charge in [0.15, 0.2) is 6.29 Å². The van der Waals surface area contributed by atoms with Gasteiger partial charge in [0.05, 0.1) is 25.4 Å². The van der Waals surface area contributed by atoms with Gasteiger partial charge in [-0.05, 0) is 51.4 Å². The first-order valence-electron chi connectivity index (χ1n) is 33.7. The number of hydrogen-bond donors (Lipinski definition) is 8. The lowest BCUT2D eigenvalue weighted by Gasteiger charge is -2.40. The highest BCUT2D eigenvalue weighted by molar-refractivity contribution is 5.80. The smallest absolute Gasteiger partial charge is 0.249 e. The first-order chi connectivity index (χ1) is 38.2. The number of allylic oxidation sites excluding steroid dienone is 4. The van der Waals surface area contributed by atoms with Crippen LogP contribution in [0.5, 0.6) is 0 Å². The van der Waals surface area contributed by atoms with E-state index >= 15 is 0 Å². The maximum Gasteiger partial charge on any atom is 0.249 e. The van der Waals surface area contributed by atoms with Gasteiger partial charge in [0.1, 0.15) is 36.6 Å². The summed E-state index contributed by atoms with van der Waals surface area (Å²) in [5.41, 5.74) is 0. The molecule has 1 fully saturated rings. The van der Waals surface area contributed by atoms with E-state index in [0.29, 0.717) is 19.3 Å². The van der Waals surface area contributed by atoms with Gasteiger partial charge in [-0.1, -0.05) is 301 Å². The molecule has 9 unspecified atom stereocenters. The molecule has 0 aromatic carbocycles. The van der Waals surface area contributed by atoms with E-state index in [-0.39, 0.29) is 12.8 Å². The predicted molar refractivity (Wildman–Crippen MR) is 326 cm³/mol. The summed E-state index contributed by atoms with van der Waals surface area (Å²) in [5, 5.41) is 76.3. The van der Waals surface area contributed by atoms with Crippen molar-refractivity contribution in [3.05, 3.63) is 24.3 Å². The van der Waals surface area contributed by atoms with E-state index in [1.54, 1.807) is 0 Å². The third-order valence-electron chi connectivity index (χ3n) is 16.5. The Labute approximate surface area is 480 Å². The maximum atomic E-state index is 13.2. The van der Waals surface area contributed by atoms with Gasteiger partial charge in [-0.25, -0.2) is 0 Å². The molecule has 11 heteroatoms. The highest BCUT2D eigenvalue weighted by Crippen LogP contribution is 2.24. The van der Waals surface area contributed by atoms with Crippen molar-refractivity contribution >= 4 is 5.91 Å². The summed E-state index contributed by atoms with van der Waals surface area (Å²) in [6.45, 7) is 3.47. The monoisotopic (exact) mass is 1110 g/mol. The Balaban J connectivity index is 2.16. The van der Waals surface area contributed by atoms with Gasteiger partial charge >= 0.3 is 0 Å². The van der Waals surface area contributed by atoms with E-state index in [1.807, 2.05) is 0 Å². The summed E-state index contributed by atoms with van der Waals surface area (Å²) in [7, 11) is 0. The fourth-order valence-electron chi connectivity index (χ4n) is 11.1. The van der Waals surface area contributed by atoms with Crippen LogP contribution in [-0.4, -0.2) is 110 Å². The molecule has 11 nitrogen and oxygen atoms in total. The maximum absolute atomic E-state index is 13.2. The van der Waals surface area contributed by atoms with Gasteiger partial charge in [-0.3, -0.25) is 4.79 Å². The molecule has 0 aromatic rings. The fourth-order valence-corrected chi connectivity index (χ4v) is 11.1. The highest BCUT2D eigenvalue weighted by Gasteiger charge is 2.44. The SMILES string of the molecule is CCCCCCCCCC/C=C/CC/C=C/CCCC(O)C(O)C(COC1OC(CO)C(O)C(O)C1O)NC(=O)C(O)CCCCCCCCCCCCCCCCCCCCCCCCCCCCCCCCCCCC.